The Bertz CT molecular complexity index is 49.2. The number of carboxylic acids is 1. The van der Waals surface area contributed by atoms with Gasteiger partial charge in [-0.2, -0.15) is 12.6 Å². The summed E-state index contributed by atoms with van der Waals surface area (Å²) in [5.74, 6) is -0.264. The van der Waals surface area contributed by atoms with Crippen LogP contribution < -0.4 is 0 Å². The molecule has 0 saturated heterocycles. The maximum Gasteiger partial charge on any atom is 0.300 e. The Morgan fingerprint density at radius 3 is 1.88 bits per heavy atom. The quantitative estimate of drug-likeness (QED) is 0.447. The Hall–Kier alpha value is -0.220. The van der Waals surface area contributed by atoms with E-state index in [1.54, 1.807) is 0 Å². The molecule has 0 aliphatic rings. The topological polar surface area (TPSA) is 57.5 Å². The molecule has 0 heterocycles. The number of thiol groups is 1. The molecule has 0 amide bonds. The zero-order valence-electron chi connectivity index (χ0n) is 4.66. The fraction of sp³-hybridized carbons (Fsp3) is 0.750. The molecule has 0 radical (unpaired) electrons. The molecule has 0 aromatic carbocycles. The summed E-state index contributed by atoms with van der Waals surface area (Å²) in [4.78, 5) is 9.00. The van der Waals surface area contributed by atoms with Crippen molar-refractivity contribution in [2.45, 2.75) is 6.92 Å². The van der Waals surface area contributed by atoms with Gasteiger partial charge in [0.05, 0.1) is 6.61 Å². The van der Waals surface area contributed by atoms with Gasteiger partial charge in [0.1, 0.15) is 0 Å². The average molecular weight is 138 g/mol. The summed E-state index contributed by atoms with van der Waals surface area (Å²) in [5, 5.41) is 15.2. The van der Waals surface area contributed by atoms with E-state index < -0.39 is 5.97 Å². The number of aliphatic hydroxyl groups excluding tert-OH is 1. The minimum atomic E-state index is -0.833. The first-order valence-corrected chi connectivity index (χ1v) is 2.69. The third-order valence-electron chi connectivity index (χ3n) is 0.1000. The van der Waals surface area contributed by atoms with Crippen molar-refractivity contribution in [1.82, 2.24) is 0 Å². The van der Waals surface area contributed by atoms with Gasteiger partial charge in [0.2, 0.25) is 0 Å². The highest BCUT2D eigenvalue weighted by molar-refractivity contribution is 7.80. The van der Waals surface area contributed by atoms with E-state index in [4.69, 9.17) is 15.0 Å². The highest BCUT2D eigenvalue weighted by atomic mass is 32.1. The average Bonchev–Trinajstić information content (AvgIpc) is 1.65. The van der Waals surface area contributed by atoms with Crippen LogP contribution >= 0.6 is 12.6 Å². The van der Waals surface area contributed by atoms with Gasteiger partial charge < -0.3 is 10.2 Å². The third-order valence-corrected chi connectivity index (χ3v) is 0.300. The fourth-order valence-corrected chi connectivity index (χ4v) is 0. The van der Waals surface area contributed by atoms with E-state index in [1.807, 2.05) is 0 Å². The lowest BCUT2D eigenvalue weighted by Gasteiger charge is -1.69. The summed E-state index contributed by atoms with van der Waals surface area (Å²) in [6.45, 7) is 1.27. The minimum absolute atomic E-state index is 0.184. The SMILES string of the molecule is CC(=O)O.OCCS. The Kier molecular flexibility index (Phi) is 13.3. The molecule has 2 N–H and O–H groups in total. The van der Waals surface area contributed by atoms with Crippen molar-refractivity contribution in [1.29, 1.82) is 0 Å². The molecule has 8 heavy (non-hydrogen) atoms. The fourth-order valence-electron chi connectivity index (χ4n) is 0. The van der Waals surface area contributed by atoms with Crippen molar-refractivity contribution in [2.24, 2.45) is 0 Å². The van der Waals surface area contributed by atoms with E-state index in [0.717, 1.165) is 6.92 Å². The summed E-state index contributed by atoms with van der Waals surface area (Å²) in [6.07, 6.45) is 0. The monoisotopic (exact) mass is 138 g/mol. The van der Waals surface area contributed by atoms with Crippen molar-refractivity contribution >= 4 is 18.6 Å². The summed E-state index contributed by atoms with van der Waals surface area (Å²) in [5.41, 5.74) is 0. The predicted molar refractivity (Wildman–Crippen MR) is 34.2 cm³/mol. The van der Waals surface area contributed by atoms with Crippen molar-refractivity contribution in [3.05, 3.63) is 0 Å². The van der Waals surface area contributed by atoms with Gasteiger partial charge in [-0.25, -0.2) is 0 Å². The second-order valence-electron chi connectivity index (χ2n) is 0.966. The van der Waals surface area contributed by atoms with Gasteiger partial charge in [-0.05, 0) is 0 Å². The van der Waals surface area contributed by atoms with Crippen LogP contribution in [-0.2, 0) is 4.79 Å². The summed E-state index contributed by atoms with van der Waals surface area (Å²) >= 11 is 3.67. The summed E-state index contributed by atoms with van der Waals surface area (Å²) < 4.78 is 0. The molecule has 0 fully saturated rings. The first-order valence-electron chi connectivity index (χ1n) is 2.06. The van der Waals surface area contributed by atoms with Gasteiger partial charge in [0, 0.05) is 12.7 Å². The van der Waals surface area contributed by atoms with E-state index in [-0.39, 0.29) is 6.61 Å². The summed E-state index contributed by atoms with van der Waals surface area (Å²) in [7, 11) is 0. The molecular formula is C4H10O3S. The molecule has 0 aliphatic heterocycles. The zero-order chi connectivity index (χ0) is 6.99. The van der Waals surface area contributed by atoms with Crippen LogP contribution in [0.15, 0.2) is 0 Å². The Morgan fingerprint density at radius 2 is 1.88 bits per heavy atom. The number of rotatable bonds is 1. The van der Waals surface area contributed by atoms with E-state index in [9.17, 15) is 0 Å². The van der Waals surface area contributed by atoms with Crippen LogP contribution in [0.1, 0.15) is 6.92 Å². The maximum atomic E-state index is 9.00. The first-order chi connectivity index (χ1) is 3.65. The molecule has 0 bridgehead atoms. The Morgan fingerprint density at radius 1 is 1.75 bits per heavy atom. The standard InChI is InChI=1S/C2H4O2.C2H6OS/c1-2(3)4;3-1-2-4/h1H3,(H,3,4);3-4H,1-2H2. The van der Waals surface area contributed by atoms with Crippen LogP contribution in [0.4, 0.5) is 0 Å². The van der Waals surface area contributed by atoms with Crippen LogP contribution in [0.5, 0.6) is 0 Å². The van der Waals surface area contributed by atoms with Crippen LogP contribution in [0.25, 0.3) is 0 Å². The molecule has 3 nitrogen and oxygen atoms in total. The number of aliphatic carboxylic acids is 1. The molecular weight excluding hydrogens is 128 g/mol. The number of carbonyl (C=O) groups is 1. The Balaban J connectivity index is 0. The van der Waals surface area contributed by atoms with Crippen LogP contribution in [-0.4, -0.2) is 28.5 Å². The van der Waals surface area contributed by atoms with Crippen molar-refractivity contribution in [2.75, 3.05) is 12.4 Å². The predicted octanol–water partition coefficient (Wildman–Crippen LogP) is -0.000600. The number of hydrogen-bond acceptors (Lipinski definition) is 3. The molecule has 0 aromatic rings. The molecule has 0 unspecified atom stereocenters. The van der Waals surface area contributed by atoms with E-state index in [2.05, 4.69) is 12.6 Å². The smallest absolute Gasteiger partial charge is 0.300 e. The molecule has 0 spiro atoms. The summed E-state index contributed by atoms with van der Waals surface area (Å²) in [6, 6.07) is 0. The van der Waals surface area contributed by atoms with Crippen LogP contribution in [0.2, 0.25) is 0 Å². The molecule has 50 valence electrons. The van der Waals surface area contributed by atoms with Gasteiger partial charge in [0.15, 0.2) is 0 Å². The van der Waals surface area contributed by atoms with Gasteiger partial charge in [-0.15, -0.1) is 0 Å². The minimum Gasteiger partial charge on any atom is -0.481 e. The lowest BCUT2D eigenvalue weighted by Crippen LogP contribution is -1.78. The van der Waals surface area contributed by atoms with Crippen LogP contribution in [0, 0.1) is 0 Å². The second-order valence-corrected chi connectivity index (χ2v) is 1.41. The number of aliphatic hydroxyl groups is 1. The molecule has 0 aromatic heterocycles. The van der Waals surface area contributed by atoms with Gasteiger partial charge in [-0.1, -0.05) is 0 Å². The lowest BCUT2D eigenvalue weighted by atomic mass is 10.9. The zero-order valence-corrected chi connectivity index (χ0v) is 5.56. The van der Waals surface area contributed by atoms with E-state index in [0.29, 0.717) is 5.75 Å². The van der Waals surface area contributed by atoms with E-state index >= 15 is 0 Å². The van der Waals surface area contributed by atoms with Crippen LogP contribution in [0.3, 0.4) is 0 Å². The second kappa shape index (κ2) is 9.91. The van der Waals surface area contributed by atoms with Crippen molar-refractivity contribution in [3.8, 4) is 0 Å². The number of hydrogen-bond donors (Lipinski definition) is 3. The van der Waals surface area contributed by atoms with E-state index in [1.165, 1.54) is 0 Å². The lowest BCUT2D eigenvalue weighted by molar-refractivity contribution is -0.134. The molecule has 0 rings (SSSR count). The highest BCUT2D eigenvalue weighted by Crippen LogP contribution is 1.61. The molecule has 0 aliphatic carbocycles. The Labute approximate surface area is 53.7 Å². The number of carboxylic acid groups (broad SMARTS) is 1. The normalized spacial score (nSPS) is 6.88. The largest absolute Gasteiger partial charge is 0.481 e. The maximum absolute atomic E-state index is 9.00. The van der Waals surface area contributed by atoms with Gasteiger partial charge in [-0.3, -0.25) is 4.79 Å². The third kappa shape index (κ3) is 217. The molecule has 0 atom stereocenters. The van der Waals surface area contributed by atoms with Gasteiger partial charge >= 0.3 is 0 Å². The molecule has 0 saturated carbocycles. The van der Waals surface area contributed by atoms with Gasteiger partial charge in [0.25, 0.3) is 5.97 Å². The highest BCUT2D eigenvalue weighted by Gasteiger charge is 1.65. The molecule has 4 heteroatoms. The first kappa shape index (κ1) is 10.7. The van der Waals surface area contributed by atoms with Crippen molar-refractivity contribution < 1.29 is 15.0 Å². The van der Waals surface area contributed by atoms with Crippen molar-refractivity contribution in [3.63, 3.8) is 0 Å².